The van der Waals surface area contributed by atoms with Gasteiger partial charge in [0.05, 0.1) is 12.7 Å². The number of carbonyl (C=O) groups is 1. The number of aryl methyl sites for hydroxylation is 1. The highest BCUT2D eigenvalue weighted by atomic mass is 16.5. The van der Waals surface area contributed by atoms with Crippen LogP contribution in [0.3, 0.4) is 0 Å². The first-order valence-corrected chi connectivity index (χ1v) is 6.67. The molecule has 3 nitrogen and oxygen atoms in total. The Morgan fingerprint density at radius 3 is 2.78 bits per heavy atom. The van der Waals surface area contributed by atoms with Crippen LogP contribution in [0, 0.1) is 5.92 Å². The number of carbonyl (C=O) groups excluding carboxylic acids is 1. The molecule has 98 valence electrons. The van der Waals surface area contributed by atoms with E-state index < -0.39 is 0 Å². The predicted octanol–water partition coefficient (Wildman–Crippen LogP) is 2.41. The Hall–Kier alpha value is -1.35. The zero-order valence-electron chi connectivity index (χ0n) is 10.9. The van der Waals surface area contributed by atoms with Crippen LogP contribution in [-0.4, -0.2) is 26.2 Å². The zero-order valence-corrected chi connectivity index (χ0v) is 10.9. The lowest BCUT2D eigenvalue weighted by Gasteiger charge is -2.22. The first-order valence-electron chi connectivity index (χ1n) is 6.67. The second kappa shape index (κ2) is 6.55. The highest BCUT2D eigenvalue weighted by Crippen LogP contribution is 2.17. The largest absolute Gasteiger partial charge is 0.465 e. The molecule has 1 atom stereocenters. The number of nitrogens with one attached hydrogen (secondary N) is 1. The van der Waals surface area contributed by atoms with Gasteiger partial charge in [0.15, 0.2) is 0 Å². The summed E-state index contributed by atoms with van der Waals surface area (Å²) < 4.78 is 4.68. The summed E-state index contributed by atoms with van der Waals surface area (Å²) >= 11 is 0. The van der Waals surface area contributed by atoms with Crippen molar-refractivity contribution in [3.05, 3.63) is 35.4 Å². The molecule has 1 N–H and O–H groups in total. The van der Waals surface area contributed by atoms with Crippen LogP contribution in [0.2, 0.25) is 0 Å². The van der Waals surface area contributed by atoms with Crippen molar-refractivity contribution >= 4 is 5.97 Å². The molecule has 1 aliphatic rings. The molecule has 1 saturated heterocycles. The fourth-order valence-corrected chi connectivity index (χ4v) is 2.47. The van der Waals surface area contributed by atoms with E-state index in [1.54, 1.807) is 0 Å². The van der Waals surface area contributed by atoms with Crippen LogP contribution in [0.25, 0.3) is 0 Å². The summed E-state index contributed by atoms with van der Waals surface area (Å²) in [6.07, 6.45) is 4.96. The molecule has 1 heterocycles. The van der Waals surface area contributed by atoms with Crippen LogP contribution in [0.1, 0.15) is 35.2 Å². The smallest absolute Gasteiger partial charge is 0.337 e. The van der Waals surface area contributed by atoms with E-state index in [-0.39, 0.29) is 5.97 Å². The van der Waals surface area contributed by atoms with Gasteiger partial charge < -0.3 is 10.1 Å². The van der Waals surface area contributed by atoms with E-state index >= 15 is 0 Å². The first-order chi connectivity index (χ1) is 8.79. The van der Waals surface area contributed by atoms with Crippen LogP contribution >= 0.6 is 0 Å². The molecule has 1 unspecified atom stereocenters. The molecule has 18 heavy (non-hydrogen) atoms. The summed E-state index contributed by atoms with van der Waals surface area (Å²) in [5.41, 5.74) is 1.92. The number of rotatable bonds is 4. The SMILES string of the molecule is COC(=O)c1ccc(CCC2CCCNC2)cc1. The Balaban J connectivity index is 1.84. The van der Waals surface area contributed by atoms with E-state index in [2.05, 4.69) is 10.1 Å². The third kappa shape index (κ3) is 3.57. The molecule has 1 aromatic carbocycles. The molecule has 0 aromatic heterocycles. The molecular formula is C15H21NO2. The van der Waals surface area contributed by atoms with Crippen molar-refractivity contribution in [3.63, 3.8) is 0 Å². The molecule has 0 saturated carbocycles. The fraction of sp³-hybridized carbons (Fsp3) is 0.533. The molecule has 1 aliphatic heterocycles. The summed E-state index contributed by atoms with van der Waals surface area (Å²) in [4.78, 5) is 11.3. The van der Waals surface area contributed by atoms with Gasteiger partial charge in [0, 0.05) is 0 Å². The van der Waals surface area contributed by atoms with Gasteiger partial charge in [0.25, 0.3) is 0 Å². The molecule has 0 aliphatic carbocycles. The molecule has 0 spiro atoms. The minimum absolute atomic E-state index is 0.266. The lowest BCUT2D eigenvalue weighted by Crippen LogP contribution is -2.29. The molecule has 3 heteroatoms. The van der Waals surface area contributed by atoms with Gasteiger partial charge in [-0.15, -0.1) is 0 Å². The molecule has 2 rings (SSSR count). The predicted molar refractivity (Wildman–Crippen MR) is 71.7 cm³/mol. The lowest BCUT2D eigenvalue weighted by molar-refractivity contribution is 0.0600. The second-order valence-corrected chi connectivity index (χ2v) is 4.94. The number of esters is 1. The number of ether oxygens (including phenoxy) is 1. The van der Waals surface area contributed by atoms with E-state index in [1.807, 2.05) is 24.3 Å². The summed E-state index contributed by atoms with van der Waals surface area (Å²) in [5.74, 6) is 0.539. The number of hydrogen-bond donors (Lipinski definition) is 1. The number of hydrogen-bond acceptors (Lipinski definition) is 3. The molecule has 1 fully saturated rings. The molecule has 0 bridgehead atoms. The van der Waals surface area contributed by atoms with Crippen LogP contribution in [0.4, 0.5) is 0 Å². The minimum atomic E-state index is -0.266. The van der Waals surface area contributed by atoms with E-state index in [4.69, 9.17) is 0 Å². The molecule has 0 amide bonds. The van der Waals surface area contributed by atoms with E-state index in [0.29, 0.717) is 5.56 Å². The topological polar surface area (TPSA) is 38.3 Å². The maximum Gasteiger partial charge on any atom is 0.337 e. The Kier molecular flexibility index (Phi) is 4.76. The highest BCUT2D eigenvalue weighted by molar-refractivity contribution is 5.89. The van der Waals surface area contributed by atoms with Crippen molar-refractivity contribution < 1.29 is 9.53 Å². The summed E-state index contributed by atoms with van der Waals surface area (Å²) in [6.45, 7) is 2.32. The van der Waals surface area contributed by atoms with Gasteiger partial charge >= 0.3 is 5.97 Å². The van der Waals surface area contributed by atoms with Crippen molar-refractivity contribution in [2.75, 3.05) is 20.2 Å². The van der Waals surface area contributed by atoms with E-state index in [0.717, 1.165) is 18.9 Å². The fourth-order valence-electron chi connectivity index (χ4n) is 2.47. The summed E-state index contributed by atoms with van der Waals surface area (Å²) in [5, 5.41) is 3.44. The standard InChI is InChI=1S/C15H21NO2/c1-18-15(17)14-8-6-12(7-9-14)4-5-13-3-2-10-16-11-13/h6-9,13,16H,2-5,10-11H2,1H3. The lowest BCUT2D eigenvalue weighted by atomic mass is 9.92. The van der Waals surface area contributed by atoms with Gasteiger partial charge in [0.1, 0.15) is 0 Å². The summed E-state index contributed by atoms with van der Waals surface area (Å²) in [7, 11) is 1.41. The normalized spacial score (nSPS) is 19.5. The van der Waals surface area contributed by atoms with Crippen LogP contribution < -0.4 is 5.32 Å². The Bertz CT molecular complexity index is 380. The van der Waals surface area contributed by atoms with Gasteiger partial charge in [-0.1, -0.05) is 12.1 Å². The number of benzene rings is 1. The Morgan fingerprint density at radius 1 is 1.39 bits per heavy atom. The zero-order chi connectivity index (χ0) is 12.8. The summed E-state index contributed by atoms with van der Waals surface area (Å²) in [6, 6.07) is 7.76. The van der Waals surface area contributed by atoms with Crippen molar-refractivity contribution in [1.29, 1.82) is 0 Å². The van der Waals surface area contributed by atoms with Crippen LogP contribution in [0.15, 0.2) is 24.3 Å². The third-order valence-corrected chi connectivity index (χ3v) is 3.62. The van der Waals surface area contributed by atoms with Crippen molar-refractivity contribution in [2.24, 2.45) is 5.92 Å². The quantitative estimate of drug-likeness (QED) is 0.830. The van der Waals surface area contributed by atoms with Gasteiger partial charge in [-0.2, -0.15) is 0 Å². The van der Waals surface area contributed by atoms with Gasteiger partial charge in [0.2, 0.25) is 0 Å². The third-order valence-electron chi connectivity index (χ3n) is 3.62. The van der Waals surface area contributed by atoms with E-state index in [1.165, 1.54) is 38.5 Å². The maximum absolute atomic E-state index is 11.3. The molecular weight excluding hydrogens is 226 g/mol. The van der Waals surface area contributed by atoms with Crippen LogP contribution in [0.5, 0.6) is 0 Å². The highest BCUT2D eigenvalue weighted by Gasteiger charge is 2.12. The Morgan fingerprint density at radius 2 is 2.17 bits per heavy atom. The van der Waals surface area contributed by atoms with Crippen molar-refractivity contribution in [3.8, 4) is 0 Å². The van der Waals surface area contributed by atoms with Gasteiger partial charge in [-0.25, -0.2) is 4.79 Å². The Labute approximate surface area is 109 Å². The average molecular weight is 247 g/mol. The van der Waals surface area contributed by atoms with Gasteiger partial charge in [-0.05, 0) is 62.4 Å². The molecule has 1 aromatic rings. The number of methoxy groups -OCH3 is 1. The molecule has 0 radical (unpaired) electrons. The second-order valence-electron chi connectivity index (χ2n) is 4.94. The monoisotopic (exact) mass is 247 g/mol. The first kappa shape index (κ1) is 13.1. The average Bonchev–Trinajstić information content (AvgIpc) is 2.46. The van der Waals surface area contributed by atoms with Crippen molar-refractivity contribution in [2.45, 2.75) is 25.7 Å². The van der Waals surface area contributed by atoms with E-state index in [9.17, 15) is 4.79 Å². The van der Waals surface area contributed by atoms with Crippen LogP contribution in [-0.2, 0) is 11.2 Å². The maximum atomic E-state index is 11.3. The number of piperidine rings is 1. The van der Waals surface area contributed by atoms with Gasteiger partial charge in [-0.3, -0.25) is 0 Å². The van der Waals surface area contributed by atoms with Crippen molar-refractivity contribution in [1.82, 2.24) is 5.32 Å². The minimum Gasteiger partial charge on any atom is -0.465 e.